The number of hydrogen-bond acceptors (Lipinski definition) is 4. The molecule has 26 heavy (non-hydrogen) atoms. The minimum absolute atomic E-state index is 0.128. The number of rotatable bonds is 5. The number of ether oxygens (including phenoxy) is 1. The van der Waals surface area contributed by atoms with Crippen LogP contribution < -0.4 is 9.46 Å². The lowest BCUT2D eigenvalue weighted by Gasteiger charge is -2.26. The Labute approximate surface area is 156 Å². The van der Waals surface area contributed by atoms with Crippen LogP contribution in [0.2, 0.25) is 0 Å². The Morgan fingerprint density at radius 1 is 1.19 bits per heavy atom. The molecule has 1 saturated heterocycles. The predicted molar refractivity (Wildman–Crippen MR) is 99.6 cm³/mol. The molecule has 1 aliphatic heterocycles. The van der Waals surface area contributed by atoms with Crippen molar-refractivity contribution in [3.63, 3.8) is 0 Å². The average Bonchev–Trinajstić information content (AvgIpc) is 3.09. The van der Waals surface area contributed by atoms with Crippen molar-refractivity contribution in [3.05, 3.63) is 23.8 Å². The van der Waals surface area contributed by atoms with E-state index in [4.69, 9.17) is 4.74 Å². The van der Waals surface area contributed by atoms with Gasteiger partial charge in [0.1, 0.15) is 5.75 Å². The summed E-state index contributed by atoms with van der Waals surface area (Å²) < 4.78 is 33.3. The predicted octanol–water partition coefficient (Wildman–Crippen LogP) is 2.46. The van der Waals surface area contributed by atoms with Gasteiger partial charge in [-0.1, -0.05) is 19.3 Å². The van der Waals surface area contributed by atoms with Crippen LogP contribution in [0.1, 0.15) is 44.1 Å². The highest BCUT2D eigenvalue weighted by atomic mass is 32.2. The molecule has 2 aliphatic rings. The van der Waals surface area contributed by atoms with Gasteiger partial charge in [0.25, 0.3) is 0 Å². The van der Waals surface area contributed by atoms with Crippen LogP contribution in [-0.2, 0) is 14.8 Å². The van der Waals surface area contributed by atoms with Crippen molar-refractivity contribution in [3.8, 4) is 5.75 Å². The minimum Gasteiger partial charge on any atom is -0.496 e. The maximum Gasteiger partial charge on any atom is 0.240 e. The summed E-state index contributed by atoms with van der Waals surface area (Å²) in [5.41, 5.74) is 0.774. The number of aryl methyl sites for hydroxylation is 1. The SMILES string of the molecule is COc1ccc(S(=O)(=O)NC2CCN(C(=O)C3CCCCC3)C2)cc1C. The molecule has 3 rings (SSSR count). The number of amides is 1. The van der Waals surface area contributed by atoms with Crippen LogP contribution in [0.5, 0.6) is 5.75 Å². The fourth-order valence-corrected chi connectivity index (χ4v) is 5.32. The molecule has 0 radical (unpaired) electrons. The Kier molecular flexibility index (Phi) is 5.87. The highest BCUT2D eigenvalue weighted by Crippen LogP contribution is 2.27. The first kappa shape index (κ1) is 19.2. The van der Waals surface area contributed by atoms with Gasteiger partial charge in [-0.15, -0.1) is 0 Å². The monoisotopic (exact) mass is 380 g/mol. The fraction of sp³-hybridized carbons (Fsp3) is 0.632. The van der Waals surface area contributed by atoms with Crippen LogP contribution in [0.15, 0.2) is 23.1 Å². The first-order chi connectivity index (χ1) is 12.4. The number of hydrogen-bond donors (Lipinski definition) is 1. The highest BCUT2D eigenvalue weighted by molar-refractivity contribution is 7.89. The van der Waals surface area contributed by atoms with E-state index in [2.05, 4.69) is 4.72 Å². The maximum atomic E-state index is 12.7. The molecule has 6 nitrogen and oxygen atoms in total. The molecule has 2 fully saturated rings. The zero-order chi connectivity index (χ0) is 18.7. The third-order valence-corrected chi connectivity index (χ3v) is 6.97. The Bertz CT molecular complexity index is 757. The number of benzene rings is 1. The van der Waals surface area contributed by atoms with Gasteiger partial charge in [0.15, 0.2) is 0 Å². The van der Waals surface area contributed by atoms with Crippen molar-refractivity contribution >= 4 is 15.9 Å². The summed E-state index contributed by atoms with van der Waals surface area (Å²) in [5.74, 6) is 0.990. The maximum absolute atomic E-state index is 12.7. The molecule has 0 bridgehead atoms. The molecule has 0 aromatic heterocycles. The second-order valence-electron chi connectivity index (χ2n) is 7.36. The molecule has 1 atom stereocenters. The molecule has 7 heteroatoms. The second-order valence-corrected chi connectivity index (χ2v) is 9.07. The van der Waals surface area contributed by atoms with E-state index in [1.165, 1.54) is 6.42 Å². The van der Waals surface area contributed by atoms with Gasteiger partial charge in [-0.25, -0.2) is 13.1 Å². The van der Waals surface area contributed by atoms with Crippen LogP contribution in [-0.4, -0.2) is 45.5 Å². The molecular formula is C19H28N2O4S. The third kappa shape index (κ3) is 4.20. The van der Waals surface area contributed by atoms with Gasteiger partial charge in [0.2, 0.25) is 15.9 Å². The lowest BCUT2D eigenvalue weighted by molar-refractivity contribution is -0.135. The van der Waals surface area contributed by atoms with Crippen molar-refractivity contribution in [2.24, 2.45) is 5.92 Å². The summed E-state index contributed by atoms with van der Waals surface area (Å²) >= 11 is 0. The lowest BCUT2D eigenvalue weighted by atomic mass is 9.88. The van der Waals surface area contributed by atoms with E-state index in [1.807, 2.05) is 11.8 Å². The summed E-state index contributed by atoms with van der Waals surface area (Å²) in [6.45, 7) is 2.91. The number of carbonyl (C=O) groups is 1. The van der Waals surface area contributed by atoms with E-state index in [-0.39, 0.29) is 22.8 Å². The molecule has 1 amide bonds. The van der Waals surface area contributed by atoms with E-state index < -0.39 is 10.0 Å². The molecule has 0 spiro atoms. The Morgan fingerprint density at radius 3 is 2.58 bits per heavy atom. The number of likely N-dealkylation sites (tertiary alicyclic amines) is 1. The van der Waals surface area contributed by atoms with Crippen LogP contribution in [0.3, 0.4) is 0 Å². The zero-order valence-electron chi connectivity index (χ0n) is 15.5. The van der Waals surface area contributed by atoms with Gasteiger partial charge >= 0.3 is 0 Å². The van der Waals surface area contributed by atoms with Crippen LogP contribution >= 0.6 is 0 Å². The fourth-order valence-electron chi connectivity index (χ4n) is 3.97. The van der Waals surface area contributed by atoms with E-state index >= 15 is 0 Å². The number of methoxy groups -OCH3 is 1. The number of sulfonamides is 1. The Hall–Kier alpha value is -1.60. The number of carbonyl (C=O) groups excluding carboxylic acids is 1. The first-order valence-electron chi connectivity index (χ1n) is 9.36. The third-order valence-electron chi connectivity index (χ3n) is 5.45. The molecule has 1 unspecified atom stereocenters. The van der Waals surface area contributed by atoms with Crippen molar-refractivity contribution in [1.29, 1.82) is 0 Å². The zero-order valence-corrected chi connectivity index (χ0v) is 16.3. The molecular weight excluding hydrogens is 352 g/mol. The van der Waals surface area contributed by atoms with Gasteiger partial charge in [0.05, 0.1) is 12.0 Å². The molecule has 1 heterocycles. The molecule has 1 aromatic carbocycles. The number of nitrogens with one attached hydrogen (secondary N) is 1. The Balaban J connectivity index is 1.62. The summed E-state index contributed by atoms with van der Waals surface area (Å²) in [6, 6.07) is 4.60. The normalized spacial score (nSPS) is 21.8. The van der Waals surface area contributed by atoms with Crippen molar-refractivity contribution in [1.82, 2.24) is 9.62 Å². The average molecular weight is 381 g/mol. The van der Waals surface area contributed by atoms with E-state index in [0.717, 1.165) is 31.2 Å². The Morgan fingerprint density at radius 2 is 1.92 bits per heavy atom. The van der Waals surface area contributed by atoms with Gasteiger partial charge in [-0.05, 0) is 49.9 Å². The standard InChI is InChI=1S/C19H28N2O4S/c1-14-12-17(8-9-18(14)25-2)26(23,24)20-16-10-11-21(13-16)19(22)15-6-4-3-5-7-15/h8-9,12,15-16,20H,3-7,10-11,13H2,1-2H3. The number of nitrogens with zero attached hydrogens (tertiary/aromatic N) is 1. The quantitative estimate of drug-likeness (QED) is 0.851. The van der Waals surface area contributed by atoms with E-state index in [0.29, 0.717) is 25.3 Å². The molecule has 1 aliphatic carbocycles. The smallest absolute Gasteiger partial charge is 0.240 e. The lowest BCUT2D eigenvalue weighted by Crippen LogP contribution is -2.40. The van der Waals surface area contributed by atoms with Crippen molar-refractivity contribution in [2.75, 3.05) is 20.2 Å². The molecule has 1 saturated carbocycles. The van der Waals surface area contributed by atoms with Crippen LogP contribution in [0.4, 0.5) is 0 Å². The minimum atomic E-state index is -3.61. The first-order valence-corrected chi connectivity index (χ1v) is 10.8. The summed E-state index contributed by atoms with van der Waals surface area (Å²) in [7, 11) is -2.05. The van der Waals surface area contributed by atoms with E-state index in [9.17, 15) is 13.2 Å². The molecule has 1 aromatic rings. The topological polar surface area (TPSA) is 75.7 Å². The molecule has 1 N–H and O–H groups in total. The van der Waals surface area contributed by atoms with Gasteiger partial charge in [0, 0.05) is 25.0 Å². The largest absolute Gasteiger partial charge is 0.496 e. The second kappa shape index (κ2) is 7.96. The van der Waals surface area contributed by atoms with Crippen molar-refractivity contribution < 1.29 is 17.9 Å². The van der Waals surface area contributed by atoms with Crippen LogP contribution in [0, 0.1) is 12.8 Å². The van der Waals surface area contributed by atoms with Crippen molar-refractivity contribution in [2.45, 2.75) is 56.4 Å². The van der Waals surface area contributed by atoms with Crippen LogP contribution in [0.25, 0.3) is 0 Å². The summed E-state index contributed by atoms with van der Waals surface area (Å²) in [4.78, 5) is 14.7. The van der Waals surface area contributed by atoms with Gasteiger partial charge < -0.3 is 9.64 Å². The summed E-state index contributed by atoms with van der Waals surface area (Å²) in [6.07, 6.45) is 6.06. The van der Waals surface area contributed by atoms with E-state index in [1.54, 1.807) is 25.3 Å². The summed E-state index contributed by atoms with van der Waals surface area (Å²) in [5, 5.41) is 0. The highest BCUT2D eigenvalue weighted by Gasteiger charge is 2.33. The van der Waals surface area contributed by atoms with Gasteiger partial charge in [-0.3, -0.25) is 4.79 Å². The molecule has 144 valence electrons. The van der Waals surface area contributed by atoms with Gasteiger partial charge in [-0.2, -0.15) is 0 Å².